The molecule has 0 aliphatic carbocycles. The van der Waals surface area contributed by atoms with E-state index in [1.807, 2.05) is 0 Å². The Balaban J connectivity index is 1.75. The van der Waals surface area contributed by atoms with Crippen LogP contribution in [-0.2, 0) is 23.1 Å². The van der Waals surface area contributed by atoms with Crippen molar-refractivity contribution in [1.29, 1.82) is 0 Å². The molecule has 2 saturated heterocycles. The van der Waals surface area contributed by atoms with Crippen molar-refractivity contribution in [2.24, 2.45) is 0 Å². The van der Waals surface area contributed by atoms with Crippen LogP contribution in [-0.4, -0.2) is 61.9 Å². The van der Waals surface area contributed by atoms with Crippen molar-refractivity contribution in [3.63, 3.8) is 0 Å². The van der Waals surface area contributed by atoms with Crippen molar-refractivity contribution < 1.29 is 28.2 Å². The van der Waals surface area contributed by atoms with E-state index in [0.717, 1.165) is 0 Å². The third-order valence-electron chi connectivity index (χ3n) is 2.63. The highest BCUT2D eigenvalue weighted by Crippen LogP contribution is 2.50. The molecule has 0 amide bonds. The number of aliphatic hydroxyl groups excluding tert-OH is 1. The van der Waals surface area contributed by atoms with Gasteiger partial charge in [0.1, 0.15) is 12.2 Å². The fourth-order valence-electron chi connectivity index (χ4n) is 1.28. The molecule has 18 heavy (non-hydrogen) atoms. The fraction of sp³-hybridized carbons (Fsp3) is 1.00. The third-order valence-corrected chi connectivity index (χ3v) is 4.88. The average Bonchev–Trinajstić information content (AvgIpc) is 3.25. The number of alkyl halides is 1. The van der Waals surface area contributed by atoms with Crippen LogP contribution in [0, 0.1) is 0 Å². The summed E-state index contributed by atoms with van der Waals surface area (Å²) in [5.41, 5.74) is 0. The summed E-state index contributed by atoms with van der Waals surface area (Å²) in [5, 5.41) is 8.41. The van der Waals surface area contributed by atoms with Gasteiger partial charge in [0.2, 0.25) is 0 Å². The first-order chi connectivity index (χ1) is 8.61. The predicted octanol–water partition coefficient (Wildman–Crippen LogP) is 1.00. The van der Waals surface area contributed by atoms with E-state index >= 15 is 0 Å². The van der Waals surface area contributed by atoms with Crippen molar-refractivity contribution in [2.45, 2.75) is 24.0 Å². The van der Waals surface area contributed by atoms with Crippen molar-refractivity contribution in [1.82, 2.24) is 0 Å². The predicted molar refractivity (Wildman–Crippen MR) is 65.2 cm³/mol. The SMILES string of the molecule is O=P(CCC(Cl)CO)(OCC1CO1)OCC1CO1. The minimum absolute atomic E-state index is 0.0312. The molecule has 0 bridgehead atoms. The summed E-state index contributed by atoms with van der Waals surface area (Å²) < 4.78 is 33.1. The summed E-state index contributed by atoms with van der Waals surface area (Å²) in [6.07, 6.45) is 0.639. The van der Waals surface area contributed by atoms with Crippen molar-refractivity contribution >= 4 is 19.2 Å². The van der Waals surface area contributed by atoms with Gasteiger partial charge in [-0.25, -0.2) is 0 Å². The average molecular weight is 301 g/mol. The minimum atomic E-state index is -3.17. The van der Waals surface area contributed by atoms with Crippen LogP contribution in [0.25, 0.3) is 0 Å². The number of ether oxygens (including phenoxy) is 2. The van der Waals surface area contributed by atoms with Crippen molar-refractivity contribution in [3.05, 3.63) is 0 Å². The first-order valence-electron chi connectivity index (χ1n) is 5.97. The number of epoxide rings is 2. The molecular formula is C10H18ClO6P. The monoisotopic (exact) mass is 300 g/mol. The van der Waals surface area contributed by atoms with Crippen LogP contribution < -0.4 is 0 Å². The molecule has 2 heterocycles. The molecule has 0 aromatic rings. The summed E-state index contributed by atoms with van der Waals surface area (Å²) >= 11 is 5.79. The zero-order valence-corrected chi connectivity index (χ0v) is 11.6. The maximum absolute atomic E-state index is 12.4. The Morgan fingerprint density at radius 2 is 1.78 bits per heavy atom. The summed E-state index contributed by atoms with van der Waals surface area (Å²) in [6.45, 7) is 1.67. The zero-order chi connectivity index (χ0) is 13.0. The molecule has 0 saturated carbocycles. The minimum Gasteiger partial charge on any atom is -0.395 e. The molecule has 2 rings (SSSR count). The van der Waals surface area contributed by atoms with Gasteiger partial charge < -0.3 is 23.6 Å². The molecular weight excluding hydrogens is 283 g/mol. The molecule has 2 fully saturated rings. The highest BCUT2D eigenvalue weighted by atomic mass is 35.5. The van der Waals surface area contributed by atoms with E-state index in [-0.39, 0.29) is 38.2 Å². The van der Waals surface area contributed by atoms with Gasteiger partial charge in [0, 0.05) is 0 Å². The summed E-state index contributed by atoms with van der Waals surface area (Å²) in [5.74, 6) is 0. The number of aliphatic hydroxyl groups is 1. The molecule has 0 spiro atoms. The topological polar surface area (TPSA) is 80.8 Å². The van der Waals surface area contributed by atoms with Gasteiger partial charge >= 0.3 is 7.60 Å². The second-order valence-corrected chi connectivity index (χ2v) is 7.21. The lowest BCUT2D eigenvalue weighted by Gasteiger charge is -2.18. The maximum atomic E-state index is 12.4. The number of hydrogen-bond donors (Lipinski definition) is 1. The first-order valence-corrected chi connectivity index (χ1v) is 8.14. The van der Waals surface area contributed by atoms with Gasteiger partial charge in [-0.05, 0) is 6.42 Å². The van der Waals surface area contributed by atoms with Gasteiger partial charge in [0.05, 0.1) is 44.6 Å². The Morgan fingerprint density at radius 3 is 2.17 bits per heavy atom. The van der Waals surface area contributed by atoms with Gasteiger partial charge in [-0.1, -0.05) is 0 Å². The van der Waals surface area contributed by atoms with Crippen LogP contribution in [0.2, 0.25) is 0 Å². The van der Waals surface area contributed by atoms with E-state index in [4.69, 9.17) is 35.2 Å². The van der Waals surface area contributed by atoms with Crippen LogP contribution >= 0.6 is 19.2 Å². The van der Waals surface area contributed by atoms with Crippen LogP contribution in [0.1, 0.15) is 6.42 Å². The molecule has 6 nitrogen and oxygen atoms in total. The quantitative estimate of drug-likeness (QED) is 0.368. The lowest BCUT2D eigenvalue weighted by Crippen LogP contribution is -2.12. The van der Waals surface area contributed by atoms with E-state index in [0.29, 0.717) is 19.6 Å². The fourth-order valence-corrected chi connectivity index (χ4v) is 3.29. The van der Waals surface area contributed by atoms with Gasteiger partial charge in [0.15, 0.2) is 0 Å². The molecule has 3 unspecified atom stereocenters. The molecule has 1 N–H and O–H groups in total. The van der Waals surface area contributed by atoms with E-state index in [9.17, 15) is 4.57 Å². The van der Waals surface area contributed by atoms with Crippen molar-refractivity contribution in [2.75, 3.05) is 39.2 Å². The van der Waals surface area contributed by atoms with Gasteiger partial charge in [-0.2, -0.15) is 0 Å². The molecule has 0 aromatic heterocycles. The molecule has 8 heteroatoms. The molecule has 0 aromatic carbocycles. The largest absolute Gasteiger partial charge is 0.395 e. The highest BCUT2D eigenvalue weighted by molar-refractivity contribution is 7.53. The van der Waals surface area contributed by atoms with E-state index in [1.54, 1.807) is 0 Å². The molecule has 2 aliphatic heterocycles. The second kappa shape index (κ2) is 6.66. The Kier molecular flexibility index (Phi) is 5.45. The first kappa shape index (κ1) is 14.7. The summed E-state index contributed by atoms with van der Waals surface area (Å²) in [6, 6.07) is 0. The normalized spacial score (nSPS) is 30.8. The standard InChI is InChI=1S/C10H18ClO6P/c11-8(3-12)1-2-18(13,16-6-9-4-14-9)17-7-10-5-15-10/h8-10,12H,1-7H2. The van der Waals surface area contributed by atoms with Gasteiger partial charge in [0.25, 0.3) is 0 Å². The van der Waals surface area contributed by atoms with E-state index in [2.05, 4.69) is 0 Å². The Morgan fingerprint density at radius 1 is 1.28 bits per heavy atom. The van der Waals surface area contributed by atoms with Crippen molar-refractivity contribution in [3.8, 4) is 0 Å². The van der Waals surface area contributed by atoms with Gasteiger partial charge in [-0.15, -0.1) is 11.6 Å². The molecule has 3 atom stereocenters. The zero-order valence-electron chi connectivity index (χ0n) is 10.00. The highest BCUT2D eigenvalue weighted by Gasteiger charge is 2.33. The van der Waals surface area contributed by atoms with E-state index in [1.165, 1.54) is 0 Å². The third kappa shape index (κ3) is 5.53. The molecule has 0 radical (unpaired) electrons. The molecule has 106 valence electrons. The Labute approximate surface area is 111 Å². The number of hydrogen-bond acceptors (Lipinski definition) is 6. The van der Waals surface area contributed by atoms with Crippen LogP contribution in [0.5, 0.6) is 0 Å². The summed E-state index contributed by atoms with van der Waals surface area (Å²) in [7, 11) is -3.17. The Hall–Kier alpha value is 0.320. The lowest BCUT2D eigenvalue weighted by atomic mass is 10.3. The number of rotatable bonds is 10. The van der Waals surface area contributed by atoms with Crippen LogP contribution in [0.3, 0.4) is 0 Å². The van der Waals surface area contributed by atoms with Gasteiger partial charge in [-0.3, -0.25) is 4.57 Å². The van der Waals surface area contributed by atoms with Crippen LogP contribution in [0.4, 0.5) is 0 Å². The van der Waals surface area contributed by atoms with Crippen LogP contribution in [0.15, 0.2) is 0 Å². The maximum Gasteiger partial charge on any atom is 0.330 e. The lowest BCUT2D eigenvalue weighted by molar-refractivity contribution is 0.176. The van der Waals surface area contributed by atoms with E-state index < -0.39 is 13.0 Å². The second-order valence-electron chi connectivity index (χ2n) is 4.41. The Bertz CT molecular complexity index is 287. The smallest absolute Gasteiger partial charge is 0.330 e. The summed E-state index contributed by atoms with van der Waals surface area (Å²) in [4.78, 5) is 0. The molecule has 2 aliphatic rings. The number of halogens is 1.